The Morgan fingerprint density at radius 1 is 1.06 bits per heavy atom. The number of ketones is 2. The van der Waals surface area contributed by atoms with Gasteiger partial charge in [-0.05, 0) is 70.8 Å². The zero-order valence-corrected chi connectivity index (χ0v) is 21.2. The lowest BCUT2D eigenvalue weighted by Gasteiger charge is -2.60. The Balaban J connectivity index is 1.38. The molecule has 6 aliphatic rings. The van der Waals surface area contributed by atoms with Crippen LogP contribution in [0.5, 0.6) is 0 Å². The smallest absolute Gasteiger partial charge is 0.333 e. The molecule has 4 fully saturated rings. The highest BCUT2D eigenvalue weighted by Crippen LogP contribution is 2.71. The molecule has 190 valence electrons. The first-order valence-corrected chi connectivity index (χ1v) is 13.0. The summed E-state index contributed by atoms with van der Waals surface area (Å²) in [7, 11) is 0. The van der Waals surface area contributed by atoms with Crippen molar-refractivity contribution >= 4 is 17.5 Å². The molecule has 0 spiro atoms. The van der Waals surface area contributed by atoms with Crippen LogP contribution in [-0.2, 0) is 23.9 Å². The second-order valence-corrected chi connectivity index (χ2v) is 12.5. The van der Waals surface area contributed by atoms with Gasteiger partial charge >= 0.3 is 5.97 Å². The monoisotopic (exact) mass is 484 g/mol. The van der Waals surface area contributed by atoms with E-state index in [0.717, 1.165) is 5.57 Å². The summed E-state index contributed by atoms with van der Waals surface area (Å²) in [4.78, 5) is 39.7. The Morgan fingerprint density at radius 3 is 2.46 bits per heavy atom. The van der Waals surface area contributed by atoms with Crippen molar-refractivity contribution in [3.8, 4) is 0 Å². The van der Waals surface area contributed by atoms with E-state index in [9.17, 15) is 24.6 Å². The van der Waals surface area contributed by atoms with Gasteiger partial charge in [0.1, 0.15) is 23.6 Å². The standard InChI is InChI=1S/C28H36O7/c1-13-11-18(34-24(31)14(13)2)15(3)27(32)10-8-16-21-17(12-20(30)25(16,27)4)26(5)19(29)7-6-9-28(26,33)23-22(21)35-23/h6-7,15-18,21-23,32-33H,8-12H2,1-5H3. The first-order valence-electron chi connectivity index (χ1n) is 13.0. The van der Waals surface area contributed by atoms with Crippen LogP contribution in [0.1, 0.15) is 66.7 Å². The lowest BCUT2D eigenvalue weighted by atomic mass is 9.42. The number of epoxide rings is 1. The van der Waals surface area contributed by atoms with Crippen LogP contribution in [0.2, 0.25) is 0 Å². The first-order chi connectivity index (χ1) is 16.3. The zero-order chi connectivity index (χ0) is 25.3. The van der Waals surface area contributed by atoms with E-state index in [-0.39, 0.29) is 47.8 Å². The van der Waals surface area contributed by atoms with Crippen LogP contribution in [0, 0.1) is 34.5 Å². The van der Waals surface area contributed by atoms with Crippen LogP contribution in [0.3, 0.4) is 0 Å². The van der Waals surface area contributed by atoms with E-state index in [4.69, 9.17) is 9.47 Å². The number of fused-ring (bicyclic) bond motifs is 8. The number of rotatable bonds is 2. The molecule has 3 saturated carbocycles. The number of carbonyl (C=O) groups is 3. The average molecular weight is 485 g/mol. The number of hydrogen-bond donors (Lipinski definition) is 2. The number of allylic oxidation sites excluding steroid dienone is 1. The van der Waals surface area contributed by atoms with Crippen LogP contribution in [0.25, 0.3) is 0 Å². The zero-order valence-electron chi connectivity index (χ0n) is 21.2. The molecule has 0 amide bonds. The molecule has 0 aromatic carbocycles. The van der Waals surface area contributed by atoms with Crippen molar-refractivity contribution in [1.82, 2.24) is 0 Å². The summed E-state index contributed by atoms with van der Waals surface area (Å²) < 4.78 is 11.8. The highest BCUT2D eigenvalue weighted by atomic mass is 16.6. The molecule has 0 bridgehead atoms. The molecule has 7 heteroatoms. The Labute approximate surface area is 205 Å². The third-order valence-electron chi connectivity index (χ3n) is 11.6. The Kier molecular flexibility index (Phi) is 4.66. The van der Waals surface area contributed by atoms with Gasteiger partial charge < -0.3 is 19.7 Å². The van der Waals surface area contributed by atoms with Crippen molar-refractivity contribution in [2.24, 2.45) is 34.5 Å². The maximum atomic E-state index is 14.1. The van der Waals surface area contributed by atoms with Gasteiger partial charge in [0.25, 0.3) is 0 Å². The van der Waals surface area contributed by atoms with Crippen molar-refractivity contribution < 1.29 is 34.1 Å². The van der Waals surface area contributed by atoms with Gasteiger partial charge in [-0.2, -0.15) is 0 Å². The van der Waals surface area contributed by atoms with Crippen molar-refractivity contribution in [2.75, 3.05) is 0 Å². The second kappa shape index (κ2) is 6.93. The predicted molar refractivity (Wildman–Crippen MR) is 125 cm³/mol. The minimum Gasteiger partial charge on any atom is -0.458 e. The molecule has 7 nitrogen and oxygen atoms in total. The van der Waals surface area contributed by atoms with E-state index in [2.05, 4.69) is 0 Å². The third kappa shape index (κ3) is 2.55. The number of aliphatic hydroxyl groups is 2. The van der Waals surface area contributed by atoms with E-state index in [1.165, 1.54) is 0 Å². The Morgan fingerprint density at radius 2 is 1.77 bits per heavy atom. The minimum absolute atomic E-state index is 0.0637. The molecule has 2 N–H and O–H groups in total. The largest absolute Gasteiger partial charge is 0.458 e. The molecule has 0 aromatic rings. The van der Waals surface area contributed by atoms with Gasteiger partial charge in [0.05, 0.1) is 22.5 Å². The SMILES string of the molecule is CC1=C(C)C(=O)OC(C(C)C2(O)CCC3C4C5OC5C5(O)CC=CC(=O)C5(C)C4CC(=O)C32C)C1. The summed E-state index contributed by atoms with van der Waals surface area (Å²) >= 11 is 0. The van der Waals surface area contributed by atoms with Gasteiger partial charge in [-0.3, -0.25) is 9.59 Å². The van der Waals surface area contributed by atoms with Gasteiger partial charge in [0, 0.05) is 24.3 Å². The molecule has 11 unspecified atom stereocenters. The quantitative estimate of drug-likeness (QED) is 0.458. The number of esters is 1. The van der Waals surface area contributed by atoms with Crippen molar-refractivity contribution in [3.63, 3.8) is 0 Å². The molecule has 4 aliphatic carbocycles. The summed E-state index contributed by atoms with van der Waals surface area (Å²) in [5.41, 5.74) is -3.22. The van der Waals surface area contributed by atoms with E-state index in [1.807, 2.05) is 27.7 Å². The normalized spacial score (nSPS) is 53.4. The highest BCUT2D eigenvalue weighted by Gasteiger charge is 2.80. The molecule has 35 heavy (non-hydrogen) atoms. The average Bonchev–Trinajstić information content (AvgIpc) is 3.56. The van der Waals surface area contributed by atoms with Crippen LogP contribution < -0.4 is 0 Å². The minimum atomic E-state index is -1.34. The number of cyclic esters (lactones) is 1. The number of ether oxygens (including phenoxy) is 2. The van der Waals surface area contributed by atoms with Crippen LogP contribution >= 0.6 is 0 Å². The highest BCUT2D eigenvalue weighted by molar-refractivity contribution is 5.98. The first kappa shape index (κ1) is 23.6. The Bertz CT molecular complexity index is 1110. The van der Waals surface area contributed by atoms with Gasteiger partial charge in [0.15, 0.2) is 5.78 Å². The second-order valence-electron chi connectivity index (χ2n) is 12.5. The molecule has 6 rings (SSSR count). The summed E-state index contributed by atoms with van der Waals surface area (Å²) in [6.45, 7) is 9.25. The lowest BCUT2D eigenvalue weighted by Crippen LogP contribution is -2.70. The number of hydrogen-bond acceptors (Lipinski definition) is 7. The fourth-order valence-electron chi connectivity index (χ4n) is 8.99. The summed E-state index contributed by atoms with van der Waals surface area (Å²) in [6, 6.07) is 0. The van der Waals surface area contributed by atoms with E-state index in [0.29, 0.717) is 31.3 Å². The predicted octanol–water partition coefficient (Wildman–Crippen LogP) is 2.67. The molecule has 2 aliphatic heterocycles. The van der Waals surface area contributed by atoms with Gasteiger partial charge in [-0.1, -0.05) is 18.6 Å². The molecule has 0 radical (unpaired) electrons. The van der Waals surface area contributed by atoms with Crippen molar-refractivity contribution in [2.45, 2.75) is 96.2 Å². The Hall–Kier alpha value is -1.83. The van der Waals surface area contributed by atoms with Gasteiger partial charge in [-0.25, -0.2) is 4.79 Å². The molecule has 2 heterocycles. The van der Waals surface area contributed by atoms with Gasteiger partial charge in [0.2, 0.25) is 0 Å². The fourth-order valence-corrected chi connectivity index (χ4v) is 8.99. The lowest BCUT2D eigenvalue weighted by molar-refractivity contribution is -0.201. The molecule has 1 saturated heterocycles. The molecular formula is C28H36O7. The van der Waals surface area contributed by atoms with E-state index < -0.39 is 40.2 Å². The summed E-state index contributed by atoms with van der Waals surface area (Å²) in [5.74, 6) is -1.60. The van der Waals surface area contributed by atoms with E-state index in [1.54, 1.807) is 19.1 Å². The summed E-state index contributed by atoms with van der Waals surface area (Å²) in [5, 5.41) is 24.0. The van der Waals surface area contributed by atoms with Crippen LogP contribution in [-0.4, -0.2) is 57.3 Å². The van der Waals surface area contributed by atoms with Crippen molar-refractivity contribution in [3.05, 3.63) is 23.3 Å². The van der Waals surface area contributed by atoms with Crippen LogP contribution in [0.15, 0.2) is 23.3 Å². The van der Waals surface area contributed by atoms with Crippen molar-refractivity contribution in [1.29, 1.82) is 0 Å². The molecule has 0 aromatic heterocycles. The topological polar surface area (TPSA) is 113 Å². The molecular weight excluding hydrogens is 448 g/mol. The maximum absolute atomic E-state index is 14.1. The number of Topliss-reactive ketones (excluding diaryl/α,β-unsaturated/α-hetero) is 1. The summed E-state index contributed by atoms with van der Waals surface area (Å²) in [6.07, 6.45) is 4.19. The third-order valence-corrected chi connectivity index (χ3v) is 11.6. The maximum Gasteiger partial charge on any atom is 0.333 e. The van der Waals surface area contributed by atoms with Gasteiger partial charge in [-0.15, -0.1) is 0 Å². The van der Waals surface area contributed by atoms with Crippen LogP contribution in [0.4, 0.5) is 0 Å². The fraction of sp³-hybridized carbons (Fsp3) is 0.750. The molecule has 11 atom stereocenters. The van der Waals surface area contributed by atoms with E-state index >= 15 is 0 Å². The number of carbonyl (C=O) groups excluding carboxylic acids is 3.